The molecule has 0 amide bonds. The van der Waals surface area contributed by atoms with Gasteiger partial charge in [0.05, 0.1) is 10.9 Å². The molecule has 29 heavy (non-hydrogen) atoms. The smallest absolute Gasteiger partial charge is 0.242 e. The Hall–Kier alpha value is -2.74. The molecule has 0 aliphatic heterocycles. The summed E-state index contributed by atoms with van der Waals surface area (Å²) in [7, 11) is -0.503. The molecule has 2 N–H and O–H groups in total. The quantitative estimate of drug-likeness (QED) is 0.584. The second kappa shape index (κ2) is 9.17. The van der Waals surface area contributed by atoms with Gasteiger partial charge in [-0.1, -0.05) is 66.7 Å². The summed E-state index contributed by atoms with van der Waals surface area (Å²) < 4.78 is 25.9. The molecule has 7 heteroatoms. The second-order valence-corrected chi connectivity index (χ2v) is 9.23. The molecule has 150 valence electrons. The van der Waals surface area contributed by atoms with Crippen LogP contribution in [-0.2, 0) is 10.0 Å². The van der Waals surface area contributed by atoms with E-state index >= 15 is 0 Å². The molecule has 0 spiro atoms. The Labute approximate surface area is 177 Å². The molecule has 0 bridgehead atoms. The van der Waals surface area contributed by atoms with Crippen molar-refractivity contribution in [3.05, 3.63) is 96.1 Å². The Balaban J connectivity index is 1.81. The molecule has 0 unspecified atom stereocenters. The average molecular weight is 426 g/mol. The summed E-state index contributed by atoms with van der Waals surface area (Å²) in [6.07, 6.45) is 0. The van der Waals surface area contributed by atoms with Gasteiger partial charge < -0.3 is 10.6 Å². The third-order valence-electron chi connectivity index (χ3n) is 4.41. The van der Waals surface area contributed by atoms with Gasteiger partial charge in [0.25, 0.3) is 0 Å². The Morgan fingerprint density at radius 2 is 1.41 bits per heavy atom. The fraction of sp³-hybridized carbons (Fsp3) is 0.136. The van der Waals surface area contributed by atoms with Crippen LogP contribution in [0.15, 0.2) is 89.8 Å². The fourth-order valence-corrected chi connectivity index (χ4v) is 4.08. The molecule has 3 aromatic carbocycles. The molecule has 5 nitrogen and oxygen atoms in total. The summed E-state index contributed by atoms with van der Waals surface area (Å²) >= 11 is 5.52. The SMILES string of the molecule is CN(C)S(=O)(=O)c1cccc(NC(=S)NC(c2ccccc2)c2ccccc2)c1. The van der Waals surface area contributed by atoms with Gasteiger partial charge in [-0.3, -0.25) is 0 Å². The van der Waals surface area contributed by atoms with Crippen molar-refractivity contribution in [3.63, 3.8) is 0 Å². The maximum Gasteiger partial charge on any atom is 0.242 e. The van der Waals surface area contributed by atoms with E-state index in [9.17, 15) is 8.42 Å². The number of nitrogens with one attached hydrogen (secondary N) is 2. The van der Waals surface area contributed by atoms with E-state index in [-0.39, 0.29) is 10.9 Å². The topological polar surface area (TPSA) is 61.4 Å². The zero-order valence-electron chi connectivity index (χ0n) is 16.2. The number of hydrogen-bond acceptors (Lipinski definition) is 3. The van der Waals surface area contributed by atoms with E-state index in [1.165, 1.54) is 18.4 Å². The van der Waals surface area contributed by atoms with E-state index < -0.39 is 10.0 Å². The fourth-order valence-electron chi connectivity index (χ4n) is 2.89. The number of hydrogen-bond donors (Lipinski definition) is 2. The van der Waals surface area contributed by atoms with Crippen molar-refractivity contribution in [2.45, 2.75) is 10.9 Å². The number of benzene rings is 3. The van der Waals surface area contributed by atoms with Gasteiger partial charge >= 0.3 is 0 Å². The molecule has 0 aromatic heterocycles. The lowest BCUT2D eigenvalue weighted by molar-refractivity contribution is 0.521. The number of thiocarbonyl (C=S) groups is 1. The molecule has 0 aliphatic carbocycles. The van der Waals surface area contributed by atoms with Crippen molar-refractivity contribution in [2.24, 2.45) is 0 Å². The van der Waals surface area contributed by atoms with Gasteiger partial charge in [-0.15, -0.1) is 0 Å². The molecular weight excluding hydrogens is 402 g/mol. The van der Waals surface area contributed by atoms with Crippen molar-refractivity contribution in [1.29, 1.82) is 0 Å². The highest BCUT2D eigenvalue weighted by molar-refractivity contribution is 7.89. The Morgan fingerprint density at radius 1 is 0.862 bits per heavy atom. The predicted octanol–water partition coefficient (Wildman–Crippen LogP) is 4.01. The summed E-state index contributed by atoms with van der Waals surface area (Å²) in [5, 5.41) is 6.84. The Bertz CT molecular complexity index is 1030. The van der Waals surface area contributed by atoms with Crippen molar-refractivity contribution >= 4 is 33.0 Å². The lowest BCUT2D eigenvalue weighted by Crippen LogP contribution is -2.33. The summed E-state index contributed by atoms with van der Waals surface area (Å²) in [5.41, 5.74) is 2.75. The van der Waals surface area contributed by atoms with Crippen molar-refractivity contribution in [2.75, 3.05) is 19.4 Å². The van der Waals surface area contributed by atoms with E-state index in [1.54, 1.807) is 24.3 Å². The van der Waals surface area contributed by atoms with Gasteiger partial charge in [-0.05, 0) is 41.5 Å². The summed E-state index contributed by atoms with van der Waals surface area (Å²) in [5.74, 6) is 0. The number of anilines is 1. The van der Waals surface area contributed by atoms with Crippen LogP contribution in [0.2, 0.25) is 0 Å². The highest BCUT2D eigenvalue weighted by Crippen LogP contribution is 2.23. The summed E-state index contributed by atoms with van der Waals surface area (Å²) in [6.45, 7) is 0. The van der Waals surface area contributed by atoms with Gasteiger partial charge in [0.1, 0.15) is 0 Å². The van der Waals surface area contributed by atoms with Crippen LogP contribution in [0.4, 0.5) is 5.69 Å². The molecule has 0 heterocycles. The Morgan fingerprint density at radius 3 is 1.93 bits per heavy atom. The zero-order chi connectivity index (χ0) is 20.9. The zero-order valence-corrected chi connectivity index (χ0v) is 17.9. The third kappa shape index (κ3) is 5.20. The van der Waals surface area contributed by atoms with Gasteiger partial charge in [-0.2, -0.15) is 0 Å². The van der Waals surface area contributed by atoms with Crippen LogP contribution < -0.4 is 10.6 Å². The minimum atomic E-state index is -3.51. The van der Waals surface area contributed by atoms with E-state index in [0.717, 1.165) is 11.1 Å². The molecular formula is C22H23N3O2S2. The largest absolute Gasteiger partial charge is 0.352 e. The first-order valence-corrected chi connectivity index (χ1v) is 10.9. The molecule has 0 saturated heterocycles. The minimum Gasteiger partial charge on any atom is -0.352 e. The van der Waals surface area contributed by atoms with Crippen LogP contribution in [-0.4, -0.2) is 31.9 Å². The first kappa shape index (κ1) is 21.0. The van der Waals surface area contributed by atoms with Crippen LogP contribution in [0.25, 0.3) is 0 Å². The highest BCUT2D eigenvalue weighted by atomic mass is 32.2. The first-order valence-electron chi connectivity index (χ1n) is 9.08. The van der Waals surface area contributed by atoms with E-state index in [4.69, 9.17) is 12.2 Å². The van der Waals surface area contributed by atoms with Crippen LogP contribution in [0.1, 0.15) is 17.2 Å². The van der Waals surface area contributed by atoms with E-state index in [1.807, 2.05) is 60.7 Å². The molecule has 3 rings (SSSR count). The monoisotopic (exact) mass is 425 g/mol. The average Bonchev–Trinajstić information content (AvgIpc) is 2.73. The number of sulfonamides is 1. The van der Waals surface area contributed by atoms with Crippen molar-refractivity contribution in [3.8, 4) is 0 Å². The third-order valence-corrected chi connectivity index (χ3v) is 6.44. The van der Waals surface area contributed by atoms with Gasteiger partial charge in [0.2, 0.25) is 10.0 Å². The van der Waals surface area contributed by atoms with Crippen LogP contribution >= 0.6 is 12.2 Å². The summed E-state index contributed by atoms with van der Waals surface area (Å²) in [6, 6.07) is 26.5. The lowest BCUT2D eigenvalue weighted by atomic mass is 9.99. The molecule has 0 saturated carbocycles. The van der Waals surface area contributed by atoms with Gasteiger partial charge in [0, 0.05) is 19.8 Å². The maximum atomic E-state index is 12.4. The van der Waals surface area contributed by atoms with Crippen LogP contribution in [0.5, 0.6) is 0 Å². The molecule has 0 fully saturated rings. The first-order chi connectivity index (χ1) is 13.9. The van der Waals surface area contributed by atoms with Crippen molar-refractivity contribution < 1.29 is 8.42 Å². The molecule has 0 aliphatic rings. The lowest BCUT2D eigenvalue weighted by Gasteiger charge is -2.22. The minimum absolute atomic E-state index is 0.133. The molecule has 0 radical (unpaired) electrons. The van der Waals surface area contributed by atoms with Gasteiger partial charge in [-0.25, -0.2) is 12.7 Å². The standard InChI is InChI=1S/C22H23N3O2S2/c1-25(2)29(26,27)20-15-9-14-19(16-20)23-22(28)24-21(17-10-5-3-6-11-17)18-12-7-4-8-13-18/h3-16,21H,1-2H3,(H2,23,24,28). The van der Waals surface area contributed by atoms with E-state index in [0.29, 0.717) is 10.8 Å². The van der Waals surface area contributed by atoms with Crippen molar-refractivity contribution in [1.82, 2.24) is 9.62 Å². The highest BCUT2D eigenvalue weighted by Gasteiger charge is 2.18. The normalized spacial score (nSPS) is 11.4. The van der Waals surface area contributed by atoms with Crippen LogP contribution in [0, 0.1) is 0 Å². The predicted molar refractivity (Wildman–Crippen MR) is 121 cm³/mol. The number of nitrogens with zero attached hydrogens (tertiary/aromatic N) is 1. The van der Waals surface area contributed by atoms with Gasteiger partial charge in [0.15, 0.2) is 5.11 Å². The summed E-state index contributed by atoms with van der Waals surface area (Å²) in [4.78, 5) is 0.206. The van der Waals surface area contributed by atoms with E-state index in [2.05, 4.69) is 10.6 Å². The second-order valence-electron chi connectivity index (χ2n) is 6.67. The Kier molecular flexibility index (Phi) is 6.64. The molecule has 0 atom stereocenters. The van der Waals surface area contributed by atoms with Crippen LogP contribution in [0.3, 0.4) is 0 Å². The maximum absolute atomic E-state index is 12.4. The molecule has 3 aromatic rings. The number of rotatable bonds is 6.